The van der Waals surface area contributed by atoms with Crippen molar-refractivity contribution in [3.05, 3.63) is 11.6 Å². The predicted octanol–water partition coefficient (Wildman–Crippen LogP) is 0.385. The van der Waals surface area contributed by atoms with Crippen LogP contribution < -0.4 is 11.1 Å². The minimum Gasteiger partial charge on any atom is -0.345 e. The molecular weight excluding hydrogens is 230 g/mol. The molecule has 0 fully saturated rings. The molecule has 1 amide bonds. The molecule has 2 atom stereocenters. The number of fused-ring (bicyclic) bond motifs is 1. The number of hydrogen-bond donors (Lipinski definition) is 2. The van der Waals surface area contributed by atoms with Gasteiger partial charge in [0.15, 0.2) is 5.82 Å². The lowest BCUT2D eigenvalue weighted by molar-refractivity contribution is -0.123. The van der Waals surface area contributed by atoms with Crippen molar-refractivity contribution >= 4 is 5.91 Å². The lowest BCUT2D eigenvalue weighted by atomic mass is 10.0. The van der Waals surface area contributed by atoms with E-state index >= 15 is 0 Å². The van der Waals surface area contributed by atoms with Crippen LogP contribution in [-0.2, 0) is 17.8 Å². The third-order valence-electron chi connectivity index (χ3n) is 3.41. The van der Waals surface area contributed by atoms with Crippen LogP contribution in [0.4, 0.5) is 0 Å². The van der Waals surface area contributed by atoms with Crippen molar-refractivity contribution in [3.8, 4) is 0 Å². The van der Waals surface area contributed by atoms with Crippen molar-refractivity contribution in [3.63, 3.8) is 0 Å². The van der Waals surface area contributed by atoms with Gasteiger partial charge >= 0.3 is 0 Å². The summed E-state index contributed by atoms with van der Waals surface area (Å²) in [4.78, 5) is 11.9. The van der Waals surface area contributed by atoms with Gasteiger partial charge in [-0.2, -0.15) is 0 Å². The molecule has 0 spiro atoms. The first kappa shape index (κ1) is 13.0. The lowest BCUT2D eigenvalue weighted by Crippen LogP contribution is -2.45. The highest BCUT2D eigenvalue weighted by Crippen LogP contribution is 2.19. The number of nitrogens with one attached hydrogen (secondary N) is 1. The standard InChI is InChI=1S/C12H21N5O/c1-7(2)10(13)12(18)14-8(3)11-16-15-9-5-4-6-17(9)11/h7-8,10H,4-6,13H2,1-3H3,(H,14,18). The largest absolute Gasteiger partial charge is 0.345 e. The molecule has 2 heterocycles. The van der Waals surface area contributed by atoms with Gasteiger partial charge in [-0.25, -0.2) is 0 Å². The van der Waals surface area contributed by atoms with Crippen LogP contribution in [-0.4, -0.2) is 26.7 Å². The van der Waals surface area contributed by atoms with Crippen molar-refractivity contribution in [2.24, 2.45) is 11.7 Å². The molecule has 3 N–H and O–H groups in total. The number of carbonyl (C=O) groups is 1. The number of aromatic nitrogens is 3. The van der Waals surface area contributed by atoms with E-state index in [2.05, 4.69) is 20.1 Å². The molecule has 1 aliphatic heterocycles. The fraction of sp³-hybridized carbons (Fsp3) is 0.750. The van der Waals surface area contributed by atoms with Crippen molar-refractivity contribution in [1.82, 2.24) is 20.1 Å². The summed E-state index contributed by atoms with van der Waals surface area (Å²) in [6.45, 7) is 6.72. The molecule has 0 aromatic carbocycles. The molecule has 0 saturated carbocycles. The maximum atomic E-state index is 11.9. The first-order valence-corrected chi connectivity index (χ1v) is 6.48. The molecule has 100 valence electrons. The molecule has 6 nitrogen and oxygen atoms in total. The SMILES string of the molecule is CC(NC(=O)C(N)C(C)C)c1nnc2n1CCC2. The van der Waals surface area contributed by atoms with E-state index in [0.717, 1.165) is 31.0 Å². The van der Waals surface area contributed by atoms with Gasteiger partial charge in [0.05, 0.1) is 12.1 Å². The summed E-state index contributed by atoms with van der Waals surface area (Å²) >= 11 is 0. The molecule has 2 unspecified atom stereocenters. The Morgan fingerprint density at radius 3 is 2.78 bits per heavy atom. The molecule has 1 aliphatic rings. The van der Waals surface area contributed by atoms with Crippen LogP contribution in [0.15, 0.2) is 0 Å². The third kappa shape index (κ3) is 2.38. The zero-order valence-corrected chi connectivity index (χ0v) is 11.2. The van der Waals surface area contributed by atoms with E-state index in [4.69, 9.17) is 5.73 Å². The van der Waals surface area contributed by atoms with Crippen LogP contribution in [0.25, 0.3) is 0 Å². The van der Waals surface area contributed by atoms with Gasteiger partial charge in [0, 0.05) is 13.0 Å². The van der Waals surface area contributed by atoms with Crippen LogP contribution >= 0.6 is 0 Å². The van der Waals surface area contributed by atoms with Gasteiger partial charge in [0.25, 0.3) is 0 Å². The molecular formula is C12H21N5O. The van der Waals surface area contributed by atoms with Gasteiger partial charge in [-0.15, -0.1) is 10.2 Å². The summed E-state index contributed by atoms with van der Waals surface area (Å²) in [5.74, 6) is 1.83. The van der Waals surface area contributed by atoms with Crippen LogP contribution in [0, 0.1) is 5.92 Å². The molecule has 0 aliphatic carbocycles. The van der Waals surface area contributed by atoms with Gasteiger partial charge in [-0.3, -0.25) is 4.79 Å². The average Bonchev–Trinajstić information content (AvgIpc) is 2.88. The quantitative estimate of drug-likeness (QED) is 0.810. The van der Waals surface area contributed by atoms with Crippen LogP contribution in [0.2, 0.25) is 0 Å². The molecule has 1 aromatic rings. The fourth-order valence-electron chi connectivity index (χ4n) is 2.17. The van der Waals surface area contributed by atoms with Crippen molar-refractivity contribution in [2.45, 2.75) is 52.2 Å². The first-order chi connectivity index (χ1) is 8.50. The summed E-state index contributed by atoms with van der Waals surface area (Å²) in [7, 11) is 0. The Balaban J connectivity index is 2.04. The van der Waals surface area contributed by atoms with E-state index in [1.54, 1.807) is 0 Å². The molecule has 6 heteroatoms. The summed E-state index contributed by atoms with van der Waals surface area (Å²) in [6.07, 6.45) is 2.07. The molecule has 0 bridgehead atoms. The normalized spacial score (nSPS) is 17.6. The van der Waals surface area contributed by atoms with Crippen molar-refractivity contribution in [1.29, 1.82) is 0 Å². The van der Waals surface area contributed by atoms with E-state index < -0.39 is 6.04 Å². The van der Waals surface area contributed by atoms with Gasteiger partial charge in [-0.05, 0) is 19.3 Å². The highest BCUT2D eigenvalue weighted by molar-refractivity contribution is 5.82. The summed E-state index contributed by atoms with van der Waals surface area (Å²) in [6, 6.07) is -0.630. The number of amides is 1. The van der Waals surface area contributed by atoms with Crippen LogP contribution in [0.3, 0.4) is 0 Å². The Morgan fingerprint density at radius 2 is 2.11 bits per heavy atom. The highest BCUT2D eigenvalue weighted by atomic mass is 16.2. The summed E-state index contributed by atoms with van der Waals surface area (Å²) in [5.41, 5.74) is 5.82. The van der Waals surface area contributed by atoms with E-state index in [1.807, 2.05) is 20.8 Å². The fourth-order valence-corrected chi connectivity index (χ4v) is 2.17. The Morgan fingerprint density at radius 1 is 1.39 bits per heavy atom. The average molecular weight is 251 g/mol. The maximum absolute atomic E-state index is 11.9. The van der Waals surface area contributed by atoms with E-state index in [1.165, 1.54) is 0 Å². The topological polar surface area (TPSA) is 85.8 Å². The second kappa shape index (κ2) is 5.06. The minimum absolute atomic E-state index is 0.126. The van der Waals surface area contributed by atoms with Gasteiger partial charge < -0.3 is 15.6 Å². The Kier molecular flexibility index (Phi) is 3.65. The third-order valence-corrected chi connectivity index (χ3v) is 3.41. The predicted molar refractivity (Wildman–Crippen MR) is 67.7 cm³/mol. The number of carbonyl (C=O) groups excluding carboxylic acids is 1. The van der Waals surface area contributed by atoms with Crippen LogP contribution in [0.1, 0.15) is 44.9 Å². The molecule has 0 radical (unpaired) electrons. The number of aryl methyl sites for hydroxylation is 1. The van der Waals surface area contributed by atoms with Gasteiger partial charge in [0.1, 0.15) is 5.82 Å². The Labute approximate surface area is 107 Å². The lowest BCUT2D eigenvalue weighted by Gasteiger charge is -2.19. The zero-order chi connectivity index (χ0) is 13.3. The molecule has 2 rings (SSSR count). The van der Waals surface area contributed by atoms with Crippen molar-refractivity contribution < 1.29 is 4.79 Å². The Hall–Kier alpha value is -1.43. The zero-order valence-electron chi connectivity index (χ0n) is 11.2. The van der Waals surface area contributed by atoms with Gasteiger partial charge in [0.2, 0.25) is 5.91 Å². The van der Waals surface area contributed by atoms with Crippen LogP contribution in [0.5, 0.6) is 0 Å². The number of rotatable bonds is 4. The summed E-state index contributed by atoms with van der Waals surface area (Å²) in [5, 5.41) is 11.2. The van der Waals surface area contributed by atoms with E-state index in [0.29, 0.717) is 0 Å². The van der Waals surface area contributed by atoms with E-state index in [9.17, 15) is 4.79 Å². The molecule has 1 aromatic heterocycles. The molecule has 18 heavy (non-hydrogen) atoms. The number of nitrogens with two attached hydrogens (primary N) is 1. The smallest absolute Gasteiger partial charge is 0.237 e. The summed E-state index contributed by atoms with van der Waals surface area (Å²) < 4.78 is 2.09. The second-order valence-electron chi connectivity index (χ2n) is 5.23. The Bertz CT molecular complexity index is 440. The highest BCUT2D eigenvalue weighted by Gasteiger charge is 2.24. The second-order valence-corrected chi connectivity index (χ2v) is 5.23. The molecule has 0 saturated heterocycles. The van der Waals surface area contributed by atoms with Crippen molar-refractivity contribution in [2.75, 3.05) is 0 Å². The monoisotopic (exact) mass is 251 g/mol. The minimum atomic E-state index is -0.478. The first-order valence-electron chi connectivity index (χ1n) is 6.48. The van der Waals surface area contributed by atoms with E-state index in [-0.39, 0.29) is 17.9 Å². The maximum Gasteiger partial charge on any atom is 0.237 e. The number of hydrogen-bond acceptors (Lipinski definition) is 4. The number of nitrogens with zero attached hydrogens (tertiary/aromatic N) is 3. The van der Waals surface area contributed by atoms with Gasteiger partial charge in [-0.1, -0.05) is 13.8 Å².